The van der Waals surface area contributed by atoms with E-state index in [2.05, 4.69) is 25.9 Å². The Hall–Kier alpha value is -3.66. The van der Waals surface area contributed by atoms with Gasteiger partial charge < -0.3 is 21.1 Å². The van der Waals surface area contributed by atoms with Gasteiger partial charge in [0.25, 0.3) is 0 Å². The van der Waals surface area contributed by atoms with Gasteiger partial charge in [0.05, 0.1) is 18.6 Å². The molecule has 1 aromatic heterocycles. The minimum Gasteiger partial charge on any atom is -0.390 e. The summed E-state index contributed by atoms with van der Waals surface area (Å²) in [6.45, 7) is 0. The molecular weight excluding hydrogens is 423 g/mol. The van der Waals surface area contributed by atoms with Gasteiger partial charge in [-0.3, -0.25) is 4.79 Å². The van der Waals surface area contributed by atoms with Crippen molar-refractivity contribution in [3.05, 3.63) is 70.9 Å². The van der Waals surface area contributed by atoms with Gasteiger partial charge >= 0.3 is 6.18 Å². The lowest BCUT2D eigenvalue weighted by Crippen LogP contribution is -2.24. The molecule has 1 amide bonds. The van der Waals surface area contributed by atoms with E-state index >= 15 is 0 Å². The average Bonchev–Trinajstić information content (AvgIpc) is 3.25. The van der Waals surface area contributed by atoms with E-state index in [-0.39, 0.29) is 18.3 Å². The lowest BCUT2D eigenvalue weighted by atomic mass is 10.1. The predicted molar refractivity (Wildman–Crippen MR) is 112 cm³/mol. The number of hydrogen-bond acceptors (Lipinski definition) is 6. The number of nitrogens with one attached hydrogen (secondary N) is 3. The van der Waals surface area contributed by atoms with Gasteiger partial charge in [-0.2, -0.15) is 18.2 Å². The zero-order chi connectivity index (χ0) is 22.5. The van der Waals surface area contributed by atoms with E-state index in [4.69, 9.17) is 0 Å². The van der Waals surface area contributed by atoms with E-state index in [0.29, 0.717) is 24.0 Å². The fraction of sp³-hybridized carbons (Fsp3) is 0.227. The maximum Gasteiger partial charge on any atom is 0.421 e. The number of hydrogen-bond donors (Lipinski definition) is 4. The summed E-state index contributed by atoms with van der Waals surface area (Å²) in [6, 6.07) is 11.6. The first-order valence-electron chi connectivity index (χ1n) is 9.94. The van der Waals surface area contributed by atoms with E-state index in [1.807, 2.05) is 12.1 Å². The number of nitrogens with zero attached hydrogens (tertiary/aromatic N) is 2. The maximum atomic E-state index is 13.6. The molecule has 5 rings (SSSR count). The van der Waals surface area contributed by atoms with Gasteiger partial charge in [0.2, 0.25) is 11.9 Å². The highest BCUT2D eigenvalue weighted by Gasteiger charge is 2.38. The summed E-state index contributed by atoms with van der Waals surface area (Å²) in [7, 11) is 0. The van der Waals surface area contributed by atoms with Crippen molar-refractivity contribution >= 4 is 29.0 Å². The molecule has 10 heteroatoms. The predicted octanol–water partition coefficient (Wildman–Crippen LogP) is 3.80. The van der Waals surface area contributed by atoms with E-state index in [1.165, 1.54) is 0 Å². The molecule has 2 aliphatic rings. The molecule has 0 radical (unpaired) electrons. The first-order valence-corrected chi connectivity index (χ1v) is 9.94. The number of carbonyl (C=O) groups is 1. The van der Waals surface area contributed by atoms with Crippen LogP contribution in [0.4, 0.5) is 36.3 Å². The molecule has 0 fully saturated rings. The summed E-state index contributed by atoms with van der Waals surface area (Å²) >= 11 is 0. The molecule has 0 bridgehead atoms. The lowest BCUT2D eigenvalue weighted by Gasteiger charge is -2.21. The first kappa shape index (κ1) is 20.3. The van der Waals surface area contributed by atoms with Crippen LogP contribution >= 0.6 is 0 Å². The summed E-state index contributed by atoms with van der Waals surface area (Å²) in [4.78, 5) is 19.4. The molecule has 3 aromatic rings. The molecule has 4 N–H and O–H groups in total. The van der Waals surface area contributed by atoms with Gasteiger partial charge in [0.1, 0.15) is 11.4 Å². The number of fused-ring (bicyclic) bond motifs is 2. The van der Waals surface area contributed by atoms with Gasteiger partial charge in [-0.05, 0) is 34.9 Å². The van der Waals surface area contributed by atoms with Crippen LogP contribution in [0.5, 0.6) is 0 Å². The van der Waals surface area contributed by atoms with Crippen molar-refractivity contribution in [3.8, 4) is 0 Å². The number of aliphatic hydroxyl groups is 1. The Morgan fingerprint density at radius 1 is 1.12 bits per heavy atom. The highest BCUT2D eigenvalue weighted by atomic mass is 19.4. The van der Waals surface area contributed by atoms with Crippen molar-refractivity contribution in [2.75, 3.05) is 16.0 Å². The van der Waals surface area contributed by atoms with Crippen molar-refractivity contribution < 1.29 is 23.1 Å². The minimum atomic E-state index is -4.68. The van der Waals surface area contributed by atoms with Crippen molar-refractivity contribution in [1.82, 2.24) is 9.97 Å². The van der Waals surface area contributed by atoms with Crippen LogP contribution in [0, 0.1) is 0 Å². The molecule has 2 atom stereocenters. The van der Waals surface area contributed by atoms with Crippen molar-refractivity contribution in [2.45, 2.75) is 31.2 Å². The molecule has 0 saturated heterocycles. The molecule has 164 valence electrons. The second-order valence-corrected chi connectivity index (χ2v) is 7.77. The van der Waals surface area contributed by atoms with Crippen molar-refractivity contribution in [1.29, 1.82) is 0 Å². The lowest BCUT2D eigenvalue weighted by molar-refractivity contribution is -0.137. The number of carbonyl (C=O) groups excluding carboxylic acids is 1. The quantitative estimate of drug-likeness (QED) is 0.492. The van der Waals surface area contributed by atoms with Crippen LogP contribution in [0.25, 0.3) is 0 Å². The van der Waals surface area contributed by atoms with E-state index in [1.54, 1.807) is 30.3 Å². The van der Waals surface area contributed by atoms with Crippen LogP contribution in [0.1, 0.15) is 28.3 Å². The molecule has 2 aromatic carbocycles. The van der Waals surface area contributed by atoms with Gasteiger partial charge in [-0.25, -0.2) is 4.98 Å². The summed E-state index contributed by atoms with van der Waals surface area (Å²) in [5.41, 5.74) is 2.60. The molecule has 0 spiro atoms. The zero-order valence-corrected chi connectivity index (χ0v) is 16.6. The van der Waals surface area contributed by atoms with Gasteiger partial charge in [-0.15, -0.1) is 0 Å². The second-order valence-electron chi connectivity index (χ2n) is 7.77. The molecule has 1 aliphatic heterocycles. The molecule has 2 heterocycles. The SMILES string of the molecule is O=C1Cc2cc(Nc3ncc(C(F)(F)F)c(NC4c5ccccc5CC4O)n3)ccc2N1. The highest BCUT2D eigenvalue weighted by molar-refractivity contribution is 5.99. The monoisotopic (exact) mass is 441 g/mol. The van der Waals surface area contributed by atoms with Crippen LogP contribution < -0.4 is 16.0 Å². The molecule has 1 aliphatic carbocycles. The number of aliphatic hydroxyl groups excluding tert-OH is 1. The Balaban J connectivity index is 1.46. The van der Waals surface area contributed by atoms with Crippen LogP contribution in [-0.2, 0) is 23.8 Å². The molecule has 2 unspecified atom stereocenters. The number of alkyl halides is 3. The third-order valence-electron chi connectivity index (χ3n) is 5.58. The second kappa shape index (κ2) is 7.49. The Bertz CT molecular complexity index is 1210. The molecule has 7 nitrogen and oxygen atoms in total. The number of aromatic nitrogens is 2. The third-order valence-corrected chi connectivity index (χ3v) is 5.58. The van der Waals surface area contributed by atoms with Gasteiger partial charge in [0, 0.05) is 24.0 Å². The standard InChI is InChI=1S/C22H18F3N5O2/c23-22(24,25)15-10-26-21(27-13-5-6-16-12(7-13)9-18(32)28-16)30-20(15)29-19-14-4-2-1-3-11(14)8-17(19)31/h1-7,10,17,19,31H,8-9H2,(H,28,32)(H2,26,27,29,30). The van der Waals surface area contributed by atoms with Crippen LogP contribution in [0.2, 0.25) is 0 Å². The average molecular weight is 441 g/mol. The fourth-order valence-corrected chi connectivity index (χ4v) is 4.09. The van der Waals surface area contributed by atoms with Crippen LogP contribution in [0.3, 0.4) is 0 Å². The van der Waals surface area contributed by atoms with Gasteiger partial charge in [0.15, 0.2) is 0 Å². The Morgan fingerprint density at radius 3 is 2.75 bits per heavy atom. The van der Waals surface area contributed by atoms with Gasteiger partial charge in [-0.1, -0.05) is 24.3 Å². The molecule has 32 heavy (non-hydrogen) atoms. The largest absolute Gasteiger partial charge is 0.421 e. The Labute approximate surface area is 180 Å². The molecular formula is C22H18F3N5O2. The van der Waals surface area contributed by atoms with Crippen LogP contribution in [-0.4, -0.2) is 27.1 Å². The van der Waals surface area contributed by atoms with E-state index < -0.39 is 29.7 Å². The maximum absolute atomic E-state index is 13.6. The summed E-state index contributed by atoms with van der Waals surface area (Å²) < 4.78 is 40.9. The van der Waals surface area contributed by atoms with E-state index in [9.17, 15) is 23.1 Å². The number of halogens is 3. The topological polar surface area (TPSA) is 99.2 Å². The first-order chi connectivity index (χ1) is 15.3. The smallest absolute Gasteiger partial charge is 0.390 e. The number of amides is 1. The number of rotatable bonds is 4. The fourth-order valence-electron chi connectivity index (χ4n) is 4.09. The Kier molecular flexibility index (Phi) is 4.74. The summed E-state index contributed by atoms with van der Waals surface area (Å²) in [5, 5.41) is 18.8. The van der Waals surface area contributed by atoms with Crippen molar-refractivity contribution in [3.63, 3.8) is 0 Å². The summed E-state index contributed by atoms with van der Waals surface area (Å²) in [6.07, 6.45) is -4.29. The minimum absolute atomic E-state index is 0.0431. The third kappa shape index (κ3) is 3.73. The molecule has 0 saturated carbocycles. The van der Waals surface area contributed by atoms with Crippen LogP contribution in [0.15, 0.2) is 48.7 Å². The zero-order valence-electron chi connectivity index (χ0n) is 16.6. The number of benzene rings is 2. The Morgan fingerprint density at radius 2 is 1.94 bits per heavy atom. The normalized spacial score (nSPS) is 19.3. The van der Waals surface area contributed by atoms with E-state index in [0.717, 1.165) is 16.7 Å². The summed E-state index contributed by atoms with van der Waals surface area (Å²) in [5.74, 6) is -0.586. The highest BCUT2D eigenvalue weighted by Crippen LogP contribution is 2.39. The number of anilines is 4. The van der Waals surface area contributed by atoms with Crippen molar-refractivity contribution in [2.24, 2.45) is 0 Å².